The number of fused-ring (bicyclic) bond motifs is 1. The Labute approximate surface area is 149 Å². The highest BCUT2D eigenvalue weighted by molar-refractivity contribution is 8.24. The first kappa shape index (κ1) is 16.3. The number of rotatable bonds is 1. The van der Waals surface area contributed by atoms with E-state index in [1.807, 2.05) is 18.2 Å². The SMILES string of the molecule is N#CC(=C1Sc2nc(C#N)c(C#N)nc2S1)c1cc(F)ccc1Cl. The summed E-state index contributed by atoms with van der Waals surface area (Å²) < 4.78 is 14.0. The molecule has 3 rings (SSSR count). The minimum atomic E-state index is -0.511. The van der Waals surface area contributed by atoms with E-state index in [0.29, 0.717) is 14.3 Å². The summed E-state index contributed by atoms with van der Waals surface area (Å²) in [7, 11) is 0. The first-order chi connectivity index (χ1) is 11.6. The van der Waals surface area contributed by atoms with Crippen molar-refractivity contribution in [2.75, 3.05) is 0 Å². The van der Waals surface area contributed by atoms with Crippen LogP contribution < -0.4 is 0 Å². The molecule has 24 heavy (non-hydrogen) atoms. The quantitative estimate of drug-likeness (QED) is 0.696. The lowest BCUT2D eigenvalue weighted by molar-refractivity contribution is 0.627. The summed E-state index contributed by atoms with van der Waals surface area (Å²) in [6.45, 7) is 0. The van der Waals surface area contributed by atoms with Crippen molar-refractivity contribution in [3.63, 3.8) is 0 Å². The maximum atomic E-state index is 13.5. The zero-order valence-corrected chi connectivity index (χ0v) is 13.9. The van der Waals surface area contributed by atoms with Crippen LogP contribution in [0.15, 0.2) is 32.5 Å². The predicted molar refractivity (Wildman–Crippen MR) is 87.1 cm³/mol. The highest BCUT2D eigenvalue weighted by Gasteiger charge is 2.27. The van der Waals surface area contributed by atoms with Gasteiger partial charge in [-0.25, -0.2) is 14.4 Å². The van der Waals surface area contributed by atoms with Crippen LogP contribution in [0.3, 0.4) is 0 Å². The van der Waals surface area contributed by atoms with Gasteiger partial charge in [0, 0.05) is 10.6 Å². The van der Waals surface area contributed by atoms with Crippen LogP contribution in [0, 0.1) is 39.8 Å². The van der Waals surface area contributed by atoms with Crippen LogP contribution in [0.25, 0.3) is 5.57 Å². The second kappa shape index (κ2) is 6.51. The second-order valence-corrected chi connectivity index (χ2v) is 7.02. The average Bonchev–Trinajstić information content (AvgIpc) is 2.99. The minimum absolute atomic E-state index is 0.0760. The number of allylic oxidation sites excluding steroid dienone is 1. The molecular weight excluding hydrogens is 369 g/mol. The fourth-order valence-corrected chi connectivity index (χ4v) is 4.41. The van der Waals surface area contributed by atoms with Gasteiger partial charge in [-0.1, -0.05) is 35.1 Å². The monoisotopic (exact) mass is 371 g/mol. The smallest absolute Gasteiger partial charge is 0.178 e. The first-order valence-electron chi connectivity index (χ1n) is 6.25. The van der Waals surface area contributed by atoms with Crippen molar-refractivity contribution in [1.82, 2.24) is 9.97 Å². The van der Waals surface area contributed by atoms with E-state index in [-0.39, 0.29) is 27.5 Å². The maximum absolute atomic E-state index is 13.5. The molecule has 1 aliphatic rings. The summed E-state index contributed by atoms with van der Waals surface area (Å²) in [5.41, 5.74) is 0.301. The van der Waals surface area contributed by atoms with Gasteiger partial charge >= 0.3 is 0 Å². The second-order valence-electron chi connectivity index (χ2n) is 4.36. The van der Waals surface area contributed by atoms with Crippen LogP contribution in [-0.2, 0) is 0 Å². The molecule has 0 atom stereocenters. The highest BCUT2D eigenvalue weighted by atomic mass is 35.5. The standard InChI is InChI=1S/C15H3ClFN5S2/c16-10-2-1-7(17)3-8(10)9(4-18)15-23-13-14(24-15)22-12(6-20)11(5-19)21-13/h1-3H. The van der Waals surface area contributed by atoms with Crippen LogP contribution in [0.5, 0.6) is 0 Å². The van der Waals surface area contributed by atoms with E-state index >= 15 is 0 Å². The lowest BCUT2D eigenvalue weighted by Crippen LogP contribution is -1.96. The molecule has 1 aromatic heterocycles. The van der Waals surface area contributed by atoms with E-state index in [2.05, 4.69) is 9.97 Å². The molecule has 0 spiro atoms. The van der Waals surface area contributed by atoms with E-state index < -0.39 is 5.82 Å². The molecule has 0 aliphatic carbocycles. The van der Waals surface area contributed by atoms with Crippen molar-refractivity contribution in [2.24, 2.45) is 0 Å². The minimum Gasteiger partial charge on any atom is -0.224 e. The highest BCUT2D eigenvalue weighted by Crippen LogP contribution is 2.52. The Bertz CT molecular complexity index is 985. The third-order valence-corrected chi connectivity index (χ3v) is 5.63. The van der Waals surface area contributed by atoms with Gasteiger partial charge in [0.2, 0.25) is 0 Å². The average molecular weight is 372 g/mol. The molecule has 0 unspecified atom stereocenters. The summed E-state index contributed by atoms with van der Waals surface area (Å²) in [6, 6.07) is 9.41. The molecule has 2 aromatic rings. The third-order valence-electron chi connectivity index (χ3n) is 2.94. The third kappa shape index (κ3) is 2.81. The van der Waals surface area contributed by atoms with Gasteiger partial charge in [0.25, 0.3) is 0 Å². The van der Waals surface area contributed by atoms with Crippen LogP contribution >= 0.6 is 35.1 Å². The van der Waals surface area contributed by atoms with E-state index in [1.165, 1.54) is 18.2 Å². The zero-order valence-electron chi connectivity index (χ0n) is 11.5. The molecule has 1 aromatic carbocycles. The molecule has 1 aliphatic heterocycles. The number of aromatic nitrogens is 2. The molecule has 5 nitrogen and oxygen atoms in total. The molecule has 0 amide bonds. The van der Waals surface area contributed by atoms with Crippen LogP contribution in [0.2, 0.25) is 5.02 Å². The molecule has 0 saturated heterocycles. The maximum Gasteiger partial charge on any atom is 0.178 e. The van der Waals surface area contributed by atoms with Crippen molar-refractivity contribution in [3.05, 3.63) is 50.2 Å². The molecule has 9 heteroatoms. The summed E-state index contributed by atoms with van der Waals surface area (Å²) in [5, 5.41) is 28.6. The predicted octanol–water partition coefficient (Wildman–Crippen LogP) is 4.10. The van der Waals surface area contributed by atoms with Gasteiger partial charge in [-0.05, 0) is 18.2 Å². The van der Waals surface area contributed by atoms with Gasteiger partial charge in [0.1, 0.15) is 34.1 Å². The molecule has 0 N–H and O–H groups in total. The van der Waals surface area contributed by atoms with Crippen molar-refractivity contribution in [1.29, 1.82) is 15.8 Å². The molecule has 0 saturated carbocycles. The molecule has 114 valence electrons. The van der Waals surface area contributed by atoms with Gasteiger partial charge in [-0.15, -0.1) is 0 Å². The molecule has 0 bridgehead atoms. The molecule has 0 fully saturated rings. The van der Waals surface area contributed by atoms with Crippen molar-refractivity contribution in [2.45, 2.75) is 10.1 Å². The van der Waals surface area contributed by atoms with E-state index in [4.69, 9.17) is 22.1 Å². The Kier molecular flexibility index (Phi) is 4.42. The fraction of sp³-hybridized carbons (Fsp3) is 0. The van der Waals surface area contributed by atoms with Crippen molar-refractivity contribution in [3.8, 4) is 18.2 Å². The Morgan fingerprint density at radius 3 is 2.12 bits per heavy atom. The Balaban J connectivity index is 2.12. The lowest BCUT2D eigenvalue weighted by atomic mass is 10.1. The van der Waals surface area contributed by atoms with Gasteiger partial charge in [-0.2, -0.15) is 15.8 Å². The number of halogens is 2. The summed E-state index contributed by atoms with van der Waals surface area (Å²) >= 11 is 8.33. The van der Waals surface area contributed by atoms with Gasteiger partial charge in [0.15, 0.2) is 11.4 Å². The van der Waals surface area contributed by atoms with E-state index in [1.54, 1.807) is 0 Å². The molecular formula is C15H3ClFN5S2. The van der Waals surface area contributed by atoms with Crippen molar-refractivity contribution < 1.29 is 4.39 Å². The fourth-order valence-electron chi connectivity index (χ4n) is 1.90. The molecule has 2 heterocycles. The molecule has 0 radical (unpaired) electrons. The number of hydrogen-bond acceptors (Lipinski definition) is 7. The van der Waals surface area contributed by atoms with Gasteiger partial charge < -0.3 is 0 Å². The number of thioether (sulfide) groups is 2. The summed E-state index contributed by atoms with van der Waals surface area (Å²) in [5.74, 6) is -0.511. The first-order valence-corrected chi connectivity index (χ1v) is 8.26. The summed E-state index contributed by atoms with van der Waals surface area (Å²) in [6.07, 6.45) is 0. The zero-order chi connectivity index (χ0) is 17.3. The van der Waals surface area contributed by atoms with E-state index in [0.717, 1.165) is 23.5 Å². The van der Waals surface area contributed by atoms with Gasteiger partial charge in [0.05, 0.1) is 9.81 Å². The Morgan fingerprint density at radius 2 is 1.62 bits per heavy atom. The van der Waals surface area contributed by atoms with Crippen LogP contribution in [-0.4, -0.2) is 9.97 Å². The number of benzene rings is 1. The number of nitrogens with zero attached hydrogens (tertiary/aromatic N) is 5. The normalized spacial score (nSPS) is 12.0. The largest absolute Gasteiger partial charge is 0.224 e. The summed E-state index contributed by atoms with van der Waals surface area (Å²) in [4.78, 5) is 8.18. The Morgan fingerprint density at radius 1 is 1.04 bits per heavy atom. The number of hydrogen-bond donors (Lipinski definition) is 0. The number of nitriles is 3. The lowest BCUT2D eigenvalue weighted by Gasteiger charge is -2.05. The van der Waals surface area contributed by atoms with E-state index in [9.17, 15) is 9.65 Å². The Hall–Kier alpha value is -2.57. The topological polar surface area (TPSA) is 97.1 Å². The van der Waals surface area contributed by atoms with Crippen molar-refractivity contribution >= 4 is 40.7 Å². The van der Waals surface area contributed by atoms with Gasteiger partial charge in [-0.3, -0.25) is 0 Å². The van der Waals surface area contributed by atoms with Crippen LogP contribution in [0.1, 0.15) is 17.0 Å². The van der Waals surface area contributed by atoms with Crippen LogP contribution in [0.4, 0.5) is 4.39 Å².